The molecule has 0 aromatic carbocycles. The Kier molecular flexibility index (Phi) is 6.97. The highest BCUT2D eigenvalue weighted by Crippen LogP contribution is 2.36. The molecular weight excluding hydrogens is 224 g/mol. The van der Waals surface area contributed by atoms with E-state index < -0.39 is 5.92 Å². The largest absolute Gasteiger partial charge is 0.396 e. The molecule has 102 valence electrons. The van der Waals surface area contributed by atoms with Gasteiger partial charge in [0.25, 0.3) is 0 Å². The summed E-state index contributed by atoms with van der Waals surface area (Å²) in [4.78, 5) is 0. The van der Waals surface area contributed by atoms with Crippen LogP contribution in [0.15, 0.2) is 0 Å². The zero-order chi connectivity index (χ0) is 12.6. The second-order valence-electron chi connectivity index (χ2n) is 5.16. The zero-order valence-corrected chi connectivity index (χ0v) is 10.6. The summed E-state index contributed by atoms with van der Waals surface area (Å²) >= 11 is 0. The summed E-state index contributed by atoms with van der Waals surface area (Å²) in [5.41, 5.74) is 0. The van der Waals surface area contributed by atoms with Crippen molar-refractivity contribution in [1.29, 1.82) is 0 Å². The molecule has 0 bridgehead atoms. The zero-order valence-electron chi connectivity index (χ0n) is 10.6. The fourth-order valence-corrected chi connectivity index (χ4v) is 2.47. The molecule has 0 aliphatic heterocycles. The van der Waals surface area contributed by atoms with Gasteiger partial charge in [0, 0.05) is 19.4 Å². The molecule has 4 heteroatoms. The van der Waals surface area contributed by atoms with Crippen molar-refractivity contribution < 1.29 is 13.9 Å². The third-order valence-corrected chi connectivity index (χ3v) is 3.44. The lowest BCUT2D eigenvalue weighted by Gasteiger charge is -2.29. The van der Waals surface area contributed by atoms with Gasteiger partial charge >= 0.3 is 0 Å². The van der Waals surface area contributed by atoms with E-state index in [9.17, 15) is 8.78 Å². The summed E-state index contributed by atoms with van der Waals surface area (Å²) in [6.07, 6.45) is 5.84. The van der Waals surface area contributed by atoms with E-state index >= 15 is 0 Å². The van der Waals surface area contributed by atoms with E-state index in [4.69, 9.17) is 5.11 Å². The lowest BCUT2D eigenvalue weighted by Crippen LogP contribution is -2.32. The highest BCUT2D eigenvalue weighted by molar-refractivity contribution is 4.79. The first-order chi connectivity index (χ1) is 8.14. The van der Waals surface area contributed by atoms with Gasteiger partial charge in [0.05, 0.1) is 0 Å². The van der Waals surface area contributed by atoms with Crippen LogP contribution in [0.1, 0.15) is 51.4 Å². The number of aliphatic hydroxyl groups excluding tert-OH is 1. The molecule has 0 aromatic heterocycles. The van der Waals surface area contributed by atoms with E-state index in [1.807, 2.05) is 0 Å². The van der Waals surface area contributed by atoms with E-state index in [0.29, 0.717) is 6.42 Å². The molecule has 17 heavy (non-hydrogen) atoms. The molecule has 1 rings (SSSR count). The van der Waals surface area contributed by atoms with Gasteiger partial charge in [-0.2, -0.15) is 0 Å². The normalized spacial score (nSPS) is 23.8. The topological polar surface area (TPSA) is 32.3 Å². The van der Waals surface area contributed by atoms with Gasteiger partial charge in [-0.3, -0.25) is 0 Å². The fraction of sp³-hybridized carbons (Fsp3) is 1.00. The van der Waals surface area contributed by atoms with Crippen LogP contribution in [-0.2, 0) is 0 Å². The van der Waals surface area contributed by atoms with Crippen LogP contribution in [0.2, 0.25) is 0 Å². The molecule has 0 amide bonds. The first-order valence-corrected chi connectivity index (χ1v) is 6.83. The summed E-state index contributed by atoms with van der Waals surface area (Å²) in [6, 6.07) is 0. The van der Waals surface area contributed by atoms with Crippen molar-refractivity contribution >= 4 is 0 Å². The monoisotopic (exact) mass is 249 g/mol. The second-order valence-corrected chi connectivity index (χ2v) is 5.16. The van der Waals surface area contributed by atoms with Crippen molar-refractivity contribution in [3.8, 4) is 0 Å². The van der Waals surface area contributed by atoms with Crippen LogP contribution in [0.3, 0.4) is 0 Å². The Labute approximate surface area is 103 Å². The number of rotatable bonds is 8. The van der Waals surface area contributed by atoms with Gasteiger partial charge in [-0.15, -0.1) is 0 Å². The molecule has 0 heterocycles. The smallest absolute Gasteiger partial charge is 0.248 e. The summed E-state index contributed by atoms with van der Waals surface area (Å²) in [6.45, 7) is 1.91. The third kappa shape index (κ3) is 6.94. The van der Waals surface area contributed by atoms with Gasteiger partial charge in [-0.1, -0.05) is 12.8 Å². The lowest BCUT2D eigenvalue weighted by atomic mass is 9.86. The molecule has 2 nitrogen and oxygen atoms in total. The highest BCUT2D eigenvalue weighted by Gasteiger charge is 2.35. The minimum Gasteiger partial charge on any atom is -0.396 e. The van der Waals surface area contributed by atoms with Gasteiger partial charge in [0.2, 0.25) is 5.92 Å². The number of alkyl halides is 2. The van der Waals surface area contributed by atoms with Gasteiger partial charge in [-0.05, 0) is 44.7 Å². The molecule has 1 aliphatic rings. The van der Waals surface area contributed by atoms with Crippen LogP contribution in [0.4, 0.5) is 8.78 Å². The number of unbranched alkanes of at least 4 members (excludes halogenated alkanes) is 3. The number of halogens is 2. The molecule has 1 atom stereocenters. The third-order valence-electron chi connectivity index (χ3n) is 3.44. The summed E-state index contributed by atoms with van der Waals surface area (Å²) in [5, 5.41) is 11.9. The highest BCUT2D eigenvalue weighted by atomic mass is 19.3. The lowest BCUT2D eigenvalue weighted by molar-refractivity contribution is -0.0519. The summed E-state index contributed by atoms with van der Waals surface area (Å²) in [5.74, 6) is -2.28. The summed E-state index contributed by atoms with van der Waals surface area (Å²) in [7, 11) is 0. The van der Waals surface area contributed by atoms with E-state index in [1.54, 1.807) is 0 Å². The van der Waals surface area contributed by atoms with E-state index in [-0.39, 0.29) is 25.4 Å². The van der Waals surface area contributed by atoms with Crippen LogP contribution in [0, 0.1) is 5.92 Å². The van der Waals surface area contributed by atoms with Crippen LogP contribution < -0.4 is 5.32 Å². The van der Waals surface area contributed by atoms with E-state index in [0.717, 1.165) is 45.2 Å². The van der Waals surface area contributed by atoms with E-state index in [2.05, 4.69) is 5.32 Å². The minimum atomic E-state index is -2.42. The van der Waals surface area contributed by atoms with Crippen LogP contribution >= 0.6 is 0 Å². The van der Waals surface area contributed by atoms with E-state index in [1.165, 1.54) is 0 Å². The molecule has 0 radical (unpaired) electrons. The second kappa shape index (κ2) is 7.98. The number of hydrogen-bond acceptors (Lipinski definition) is 2. The molecular formula is C13H25F2NO. The molecule has 1 unspecified atom stereocenters. The SMILES string of the molecule is OCCCCCCNCC1CCCC(F)(F)C1. The van der Waals surface area contributed by atoms with Crippen molar-refractivity contribution in [3.63, 3.8) is 0 Å². The Morgan fingerprint density at radius 1 is 1.18 bits per heavy atom. The summed E-state index contributed by atoms with van der Waals surface area (Å²) < 4.78 is 26.2. The standard InChI is InChI=1S/C13H25F2NO/c14-13(15)7-5-6-12(10-13)11-16-8-3-1-2-4-9-17/h12,16-17H,1-11H2. The minimum absolute atomic E-state index is 0.0600. The van der Waals surface area contributed by atoms with Gasteiger partial charge in [0.15, 0.2) is 0 Å². The molecule has 0 aromatic rings. The Hall–Kier alpha value is -0.220. The van der Waals surface area contributed by atoms with Gasteiger partial charge in [-0.25, -0.2) is 8.78 Å². The Balaban J connectivity index is 1.95. The maximum atomic E-state index is 13.1. The van der Waals surface area contributed by atoms with Crippen molar-refractivity contribution in [2.45, 2.75) is 57.3 Å². The molecule has 1 fully saturated rings. The van der Waals surface area contributed by atoms with Crippen LogP contribution in [0.25, 0.3) is 0 Å². The Morgan fingerprint density at radius 2 is 1.94 bits per heavy atom. The van der Waals surface area contributed by atoms with Crippen LogP contribution in [-0.4, -0.2) is 30.7 Å². The maximum Gasteiger partial charge on any atom is 0.248 e. The molecule has 1 aliphatic carbocycles. The quantitative estimate of drug-likeness (QED) is 0.648. The number of aliphatic hydroxyl groups is 1. The maximum absolute atomic E-state index is 13.1. The van der Waals surface area contributed by atoms with Crippen molar-refractivity contribution in [2.75, 3.05) is 19.7 Å². The predicted octanol–water partition coefficient (Wildman–Crippen LogP) is 2.95. The first-order valence-electron chi connectivity index (χ1n) is 6.83. The average Bonchev–Trinajstić information content (AvgIpc) is 2.27. The molecule has 0 saturated heterocycles. The van der Waals surface area contributed by atoms with Crippen LogP contribution in [0.5, 0.6) is 0 Å². The van der Waals surface area contributed by atoms with Gasteiger partial charge in [0.1, 0.15) is 0 Å². The number of hydrogen-bond donors (Lipinski definition) is 2. The first kappa shape index (κ1) is 14.8. The van der Waals surface area contributed by atoms with Crippen molar-refractivity contribution in [2.24, 2.45) is 5.92 Å². The molecule has 1 saturated carbocycles. The predicted molar refractivity (Wildman–Crippen MR) is 65.3 cm³/mol. The molecule has 0 spiro atoms. The Morgan fingerprint density at radius 3 is 2.65 bits per heavy atom. The fourth-order valence-electron chi connectivity index (χ4n) is 2.47. The number of nitrogens with one attached hydrogen (secondary N) is 1. The molecule has 2 N–H and O–H groups in total. The van der Waals surface area contributed by atoms with Crippen molar-refractivity contribution in [3.05, 3.63) is 0 Å². The van der Waals surface area contributed by atoms with Crippen molar-refractivity contribution in [1.82, 2.24) is 5.32 Å². The average molecular weight is 249 g/mol. The Bertz CT molecular complexity index is 200. The van der Waals surface area contributed by atoms with Gasteiger partial charge < -0.3 is 10.4 Å².